The lowest BCUT2D eigenvalue weighted by Gasteiger charge is -2.01. The molecule has 16 heavy (non-hydrogen) atoms. The van der Waals surface area contributed by atoms with Crippen LogP contribution in [0.1, 0.15) is 10.5 Å². The molecule has 0 fully saturated rings. The molecule has 1 aromatic heterocycles. The molecule has 6 heteroatoms. The monoisotopic (exact) mass is 219 g/mol. The highest BCUT2D eigenvalue weighted by Gasteiger charge is 2.08. The quantitative estimate of drug-likeness (QED) is 0.832. The van der Waals surface area contributed by atoms with E-state index in [9.17, 15) is 4.79 Å². The lowest BCUT2D eigenvalue weighted by atomic mass is 10.3. The van der Waals surface area contributed by atoms with Gasteiger partial charge in [0.2, 0.25) is 0 Å². The Morgan fingerprint density at radius 2 is 2.06 bits per heavy atom. The molecule has 0 unspecified atom stereocenters. The molecule has 2 rings (SSSR count). The fourth-order valence-electron chi connectivity index (χ4n) is 1.20. The van der Waals surface area contributed by atoms with E-state index < -0.39 is 5.97 Å². The van der Waals surface area contributed by atoms with Gasteiger partial charge >= 0.3 is 5.97 Å². The number of methoxy groups -OCH3 is 1. The fourth-order valence-corrected chi connectivity index (χ4v) is 1.20. The van der Waals surface area contributed by atoms with Gasteiger partial charge in [-0.1, -0.05) is 0 Å². The van der Waals surface area contributed by atoms with Crippen molar-refractivity contribution in [2.75, 3.05) is 7.11 Å². The van der Waals surface area contributed by atoms with Gasteiger partial charge in [0.1, 0.15) is 5.75 Å². The number of ether oxygens (including phenoxy) is 1. The van der Waals surface area contributed by atoms with Crippen molar-refractivity contribution >= 4 is 5.97 Å². The first-order valence-electron chi connectivity index (χ1n) is 4.51. The Bertz CT molecular complexity index is 504. The summed E-state index contributed by atoms with van der Waals surface area (Å²) in [6.07, 6.45) is 1.20. The summed E-state index contributed by atoms with van der Waals surface area (Å²) in [5.41, 5.74) is 0.587. The van der Waals surface area contributed by atoms with Gasteiger partial charge in [-0.15, -0.1) is 5.10 Å². The van der Waals surface area contributed by atoms with Crippen LogP contribution in [0.3, 0.4) is 0 Å². The predicted octanol–water partition coefficient (Wildman–Crippen LogP) is 0.974. The molecular formula is C10H9N3O3. The molecule has 82 valence electrons. The van der Waals surface area contributed by atoms with E-state index in [1.54, 1.807) is 31.4 Å². The second-order valence-electron chi connectivity index (χ2n) is 3.02. The molecule has 1 heterocycles. The maximum Gasteiger partial charge on any atom is 0.358 e. The van der Waals surface area contributed by atoms with Crippen LogP contribution in [0.5, 0.6) is 5.75 Å². The van der Waals surface area contributed by atoms with E-state index in [1.165, 1.54) is 11.0 Å². The minimum atomic E-state index is -1.10. The van der Waals surface area contributed by atoms with E-state index in [4.69, 9.17) is 9.84 Å². The highest BCUT2D eigenvalue weighted by molar-refractivity contribution is 5.84. The Labute approximate surface area is 91.1 Å². The largest absolute Gasteiger partial charge is 0.497 e. The van der Waals surface area contributed by atoms with Gasteiger partial charge in [-0.05, 0) is 24.3 Å². The molecule has 0 bridgehead atoms. The second kappa shape index (κ2) is 4.01. The van der Waals surface area contributed by atoms with E-state index >= 15 is 0 Å². The maximum atomic E-state index is 10.6. The molecule has 1 N–H and O–H groups in total. The van der Waals surface area contributed by atoms with Gasteiger partial charge in [-0.3, -0.25) is 0 Å². The molecular weight excluding hydrogens is 210 g/mol. The molecule has 0 aliphatic carbocycles. The minimum Gasteiger partial charge on any atom is -0.497 e. The zero-order chi connectivity index (χ0) is 11.5. The lowest BCUT2D eigenvalue weighted by Crippen LogP contribution is -2.02. The number of aromatic carboxylic acids is 1. The SMILES string of the molecule is COc1ccc(-n2ncc(C(=O)O)n2)cc1. The van der Waals surface area contributed by atoms with E-state index in [2.05, 4.69) is 10.2 Å². The summed E-state index contributed by atoms with van der Waals surface area (Å²) < 4.78 is 5.00. The van der Waals surface area contributed by atoms with Gasteiger partial charge in [0, 0.05) is 0 Å². The first kappa shape index (κ1) is 10.2. The van der Waals surface area contributed by atoms with Crippen LogP contribution in [0.2, 0.25) is 0 Å². The summed E-state index contributed by atoms with van der Waals surface area (Å²) in [4.78, 5) is 11.9. The molecule has 6 nitrogen and oxygen atoms in total. The Balaban J connectivity index is 2.31. The Kier molecular flexibility index (Phi) is 2.55. The molecule has 0 saturated carbocycles. The van der Waals surface area contributed by atoms with Gasteiger partial charge in [-0.25, -0.2) is 4.79 Å². The number of carbonyl (C=O) groups is 1. The smallest absolute Gasteiger partial charge is 0.358 e. The van der Waals surface area contributed by atoms with Crippen LogP contribution in [0.4, 0.5) is 0 Å². The topological polar surface area (TPSA) is 77.2 Å². The number of carboxylic acids is 1. The summed E-state index contributed by atoms with van der Waals surface area (Å²) in [7, 11) is 1.57. The number of hydrogen-bond acceptors (Lipinski definition) is 4. The minimum absolute atomic E-state index is 0.0872. The number of nitrogens with zero attached hydrogens (tertiary/aromatic N) is 3. The summed E-state index contributed by atoms with van der Waals surface area (Å²) in [6, 6.07) is 6.98. The van der Waals surface area contributed by atoms with Gasteiger partial charge in [0.05, 0.1) is 19.0 Å². The standard InChI is InChI=1S/C10H9N3O3/c1-16-8-4-2-7(3-5-8)13-11-6-9(12-13)10(14)15/h2-6H,1H3,(H,14,15). The van der Waals surface area contributed by atoms with E-state index in [0.717, 1.165) is 5.75 Å². The normalized spacial score (nSPS) is 10.1. The molecule has 0 aliphatic rings. The summed E-state index contributed by atoms with van der Waals surface area (Å²) in [6.45, 7) is 0. The van der Waals surface area contributed by atoms with Crippen LogP contribution >= 0.6 is 0 Å². The number of rotatable bonds is 3. The third-order valence-corrected chi connectivity index (χ3v) is 2.01. The van der Waals surface area contributed by atoms with Crippen molar-refractivity contribution in [2.45, 2.75) is 0 Å². The number of hydrogen-bond donors (Lipinski definition) is 1. The molecule has 0 aliphatic heterocycles. The van der Waals surface area contributed by atoms with E-state index in [-0.39, 0.29) is 5.69 Å². The van der Waals surface area contributed by atoms with Crippen molar-refractivity contribution in [1.29, 1.82) is 0 Å². The van der Waals surface area contributed by atoms with Crippen LogP contribution in [0.15, 0.2) is 30.5 Å². The maximum absolute atomic E-state index is 10.6. The average Bonchev–Trinajstić information content (AvgIpc) is 2.78. The second-order valence-corrected chi connectivity index (χ2v) is 3.02. The zero-order valence-electron chi connectivity index (χ0n) is 8.49. The number of carboxylic acid groups (broad SMARTS) is 1. The van der Waals surface area contributed by atoms with Crippen molar-refractivity contribution in [1.82, 2.24) is 15.0 Å². The number of benzene rings is 1. The van der Waals surface area contributed by atoms with Gasteiger partial charge < -0.3 is 9.84 Å². The van der Waals surface area contributed by atoms with Crippen molar-refractivity contribution in [3.8, 4) is 11.4 Å². The van der Waals surface area contributed by atoms with Crippen molar-refractivity contribution < 1.29 is 14.6 Å². The van der Waals surface area contributed by atoms with Crippen LogP contribution in [0.25, 0.3) is 5.69 Å². The van der Waals surface area contributed by atoms with E-state index in [1.807, 2.05) is 0 Å². The molecule has 0 atom stereocenters. The first-order valence-corrected chi connectivity index (χ1v) is 4.51. The zero-order valence-corrected chi connectivity index (χ0v) is 8.49. The molecule has 1 aromatic carbocycles. The molecule has 2 aromatic rings. The summed E-state index contributed by atoms with van der Waals surface area (Å²) in [5.74, 6) is -0.380. The molecule has 0 spiro atoms. The highest BCUT2D eigenvalue weighted by atomic mass is 16.5. The highest BCUT2D eigenvalue weighted by Crippen LogP contribution is 2.13. The molecule has 0 amide bonds. The van der Waals surface area contributed by atoms with Crippen LogP contribution in [-0.4, -0.2) is 33.2 Å². The Hall–Kier alpha value is -2.37. The molecule has 0 radical (unpaired) electrons. The van der Waals surface area contributed by atoms with Crippen molar-refractivity contribution in [3.63, 3.8) is 0 Å². The average molecular weight is 219 g/mol. The summed E-state index contributed by atoms with van der Waals surface area (Å²) in [5, 5.41) is 16.3. The van der Waals surface area contributed by atoms with Gasteiger partial charge in [0.25, 0.3) is 0 Å². The predicted molar refractivity (Wildman–Crippen MR) is 54.9 cm³/mol. The van der Waals surface area contributed by atoms with Crippen LogP contribution in [-0.2, 0) is 0 Å². The third kappa shape index (κ3) is 1.85. The fraction of sp³-hybridized carbons (Fsp3) is 0.100. The number of aromatic nitrogens is 3. The van der Waals surface area contributed by atoms with Crippen LogP contribution in [0, 0.1) is 0 Å². The van der Waals surface area contributed by atoms with Crippen LogP contribution < -0.4 is 4.74 Å². The van der Waals surface area contributed by atoms with Crippen molar-refractivity contribution in [3.05, 3.63) is 36.2 Å². The van der Waals surface area contributed by atoms with Gasteiger partial charge in [0.15, 0.2) is 5.69 Å². The van der Waals surface area contributed by atoms with Gasteiger partial charge in [-0.2, -0.15) is 9.90 Å². The third-order valence-electron chi connectivity index (χ3n) is 2.01. The first-order chi connectivity index (χ1) is 7.70. The molecule has 0 saturated heterocycles. The van der Waals surface area contributed by atoms with E-state index in [0.29, 0.717) is 5.69 Å². The van der Waals surface area contributed by atoms with Crippen molar-refractivity contribution in [2.24, 2.45) is 0 Å². The Morgan fingerprint density at radius 3 is 2.56 bits per heavy atom. The lowest BCUT2D eigenvalue weighted by molar-refractivity contribution is 0.0690. The Morgan fingerprint density at radius 1 is 1.38 bits per heavy atom. The summed E-state index contributed by atoms with van der Waals surface area (Å²) >= 11 is 0.